The lowest BCUT2D eigenvalue weighted by molar-refractivity contribution is -0.122. The van der Waals surface area contributed by atoms with Gasteiger partial charge >= 0.3 is 6.03 Å². The number of benzene rings is 1. The molecule has 2 aliphatic rings. The number of aromatic nitrogens is 4. The van der Waals surface area contributed by atoms with Crippen LogP contribution in [0.4, 0.5) is 4.79 Å². The topological polar surface area (TPSA) is 96.2 Å². The number of tetrazole rings is 1. The number of hydrogen-bond donors (Lipinski definition) is 1. The van der Waals surface area contributed by atoms with E-state index in [-0.39, 0.29) is 30.6 Å². The maximum Gasteiger partial charge on any atom is 0.320 e. The van der Waals surface area contributed by atoms with Gasteiger partial charge in [-0.3, -0.25) is 4.79 Å². The van der Waals surface area contributed by atoms with Gasteiger partial charge in [0.2, 0.25) is 11.7 Å². The zero-order chi connectivity index (χ0) is 19.5. The van der Waals surface area contributed by atoms with Gasteiger partial charge in [-0.05, 0) is 30.9 Å². The van der Waals surface area contributed by atoms with E-state index < -0.39 is 0 Å². The molecule has 148 valence electrons. The molecule has 3 amide bonds. The molecule has 1 N–H and O–H groups in total. The zero-order valence-electron chi connectivity index (χ0n) is 16.0. The third kappa shape index (κ3) is 3.97. The molecule has 0 radical (unpaired) electrons. The van der Waals surface area contributed by atoms with Gasteiger partial charge in [-0.2, -0.15) is 4.80 Å². The van der Waals surface area contributed by atoms with Gasteiger partial charge < -0.3 is 15.1 Å². The Balaban J connectivity index is 1.26. The van der Waals surface area contributed by atoms with Crippen molar-refractivity contribution < 1.29 is 9.59 Å². The Morgan fingerprint density at radius 1 is 1.14 bits per heavy atom. The van der Waals surface area contributed by atoms with Gasteiger partial charge in [0.1, 0.15) is 6.54 Å². The van der Waals surface area contributed by atoms with E-state index in [4.69, 9.17) is 0 Å². The van der Waals surface area contributed by atoms with Crippen molar-refractivity contribution in [2.75, 3.05) is 26.7 Å². The van der Waals surface area contributed by atoms with Crippen molar-refractivity contribution in [1.82, 2.24) is 35.3 Å². The van der Waals surface area contributed by atoms with Crippen LogP contribution in [0.15, 0.2) is 30.3 Å². The molecule has 0 atom stereocenters. The molecule has 2 heterocycles. The monoisotopic (exact) mass is 383 g/mol. The number of rotatable bonds is 5. The Morgan fingerprint density at radius 2 is 1.89 bits per heavy atom. The first-order valence-corrected chi connectivity index (χ1v) is 9.74. The molecule has 28 heavy (non-hydrogen) atoms. The molecule has 0 bridgehead atoms. The minimum absolute atomic E-state index is 0.0784. The Hall–Kier alpha value is -2.97. The highest BCUT2D eigenvalue weighted by Gasteiger charge is 2.29. The lowest BCUT2D eigenvalue weighted by Crippen LogP contribution is -2.44. The van der Waals surface area contributed by atoms with Crippen molar-refractivity contribution in [3.63, 3.8) is 0 Å². The number of nitrogens with zero attached hydrogens (tertiary/aromatic N) is 6. The first kappa shape index (κ1) is 18.4. The van der Waals surface area contributed by atoms with Crippen LogP contribution in [0.25, 0.3) is 11.4 Å². The standard InChI is InChI=1S/C19H25N7O2/c1-24-11-12-25(19(24)28)13-17(27)20-15-7-9-16(10-8-15)26-22-18(21-23-26)14-5-3-2-4-6-14/h2-6,15-16H,7-13H2,1H3,(H,20,27). The lowest BCUT2D eigenvalue weighted by atomic mass is 9.91. The van der Waals surface area contributed by atoms with E-state index in [0.29, 0.717) is 18.9 Å². The fourth-order valence-electron chi connectivity index (χ4n) is 3.83. The van der Waals surface area contributed by atoms with Crippen LogP contribution in [0.3, 0.4) is 0 Å². The van der Waals surface area contributed by atoms with Crippen molar-refractivity contribution in [3.05, 3.63) is 30.3 Å². The summed E-state index contributed by atoms with van der Waals surface area (Å²) in [5, 5.41) is 16.0. The summed E-state index contributed by atoms with van der Waals surface area (Å²) >= 11 is 0. The fourth-order valence-corrected chi connectivity index (χ4v) is 3.83. The molecule has 1 aliphatic heterocycles. The van der Waals surface area contributed by atoms with E-state index in [1.54, 1.807) is 21.6 Å². The average Bonchev–Trinajstić information content (AvgIpc) is 3.32. The summed E-state index contributed by atoms with van der Waals surface area (Å²) in [5.74, 6) is 0.550. The summed E-state index contributed by atoms with van der Waals surface area (Å²) < 4.78 is 0. The van der Waals surface area contributed by atoms with Gasteiger partial charge in [-0.1, -0.05) is 30.3 Å². The third-order valence-electron chi connectivity index (χ3n) is 5.49. The molecule has 0 spiro atoms. The van der Waals surface area contributed by atoms with Crippen molar-refractivity contribution in [2.24, 2.45) is 0 Å². The molecule has 2 aromatic rings. The van der Waals surface area contributed by atoms with Crippen molar-refractivity contribution in [1.29, 1.82) is 0 Å². The molecule has 1 saturated carbocycles. The maximum absolute atomic E-state index is 12.3. The average molecular weight is 383 g/mol. The highest BCUT2D eigenvalue weighted by atomic mass is 16.2. The molecular weight excluding hydrogens is 358 g/mol. The van der Waals surface area contributed by atoms with Gasteiger partial charge in [-0.15, -0.1) is 10.2 Å². The van der Waals surface area contributed by atoms with Crippen LogP contribution in [-0.2, 0) is 4.79 Å². The van der Waals surface area contributed by atoms with E-state index >= 15 is 0 Å². The van der Waals surface area contributed by atoms with Gasteiger partial charge in [0, 0.05) is 31.7 Å². The molecule has 2 fully saturated rings. The second-order valence-electron chi connectivity index (χ2n) is 7.50. The van der Waals surface area contributed by atoms with Gasteiger partial charge in [0.25, 0.3) is 0 Å². The van der Waals surface area contributed by atoms with E-state index in [0.717, 1.165) is 31.2 Å². The molecule has 1 saturated heterocycles. The SMILES string of the molecule is CN1CCN(CC(=O)NC2CCC(n3nnc(-c4ccccc4)n3)CC2)C1=O. The van der Waals surface area contributed by atoms with Gasteiger partial charge in [0.15, 0.2) is 0 Å². The van der Waals surface area contributed by atoms with E-state index in [1.165, 1.54) is 0 Å². The first-order valence-electron chi connectivity index (χ1n) is 9.74. The summed E-state index contributed by atoms with van der Waals surface area (Å²) in [6.45, 7) is 1.42. The van der Waals surface area contributed by atoms with Crippen LogP contribution in [0.1, 0.15) is 31.7 Å². The number of carbonyl (C=O) groups excluding carboxylic acids is 2. The molecule has 4 rings (SSSR count). The Bertz CT molecular complexity index is 830. The predicted octanol–water partition coefficient (Wildman–Crippen LogP) is 1.31. The minimum atomic E-state index is -0.0858. The number of urea groups is 1. The van der Waals surface area contributed by atoms with Crippen LogP contribution in [0, 0.1) is 0 Å². The second kappa shape index (κ2) is 7.95. The van der Waals surface area contributed by atoms with E-state index in [9.17, 15) is 9.59 Å². The summed E-state index contributed by atoms with van der Waals surface area (Å²) in [5.41, 5.74) is 0.955. The third-order valence-corrected chi connectivity index (χ3v) is 5.49. The molecule has 1 aromatic heterocycles. The number of likely N-dealkylation sites (N-methyl/N-ethyl adjacent to an activating group) is 1. The lowest BCUT2D eigenvalue weighted by Gasteiger charge is -2.28. The largest absolute Gasteiger partial charge is 0.352 e. The van der Waals surface area contributed by atoms with Crippen LogP contribution in [-0.4, -0.2) is 74.7 Å². The summed E-state index contributed by atoms with van der Waals surface area (Å²) in [7, 11) is 1.75. The maximum atomic E-state index is 12.3. The molecule has 9 nitrogen and oxygen atoms in total. The highest BCUT2D eigenvalue weighted by molar-refractivity contribution is 5.85. The number of nitrogens with one attached hydrogen (secondary N) is 1. The zero-order valence-corrected chi connectivity index (χ0v) is 16.0. The quantitative estimate of drug-likeness (QED) is 0.840. The van der Waals surface area contributed by atoms with Crippen LogP contribution in [0.5, 0.6) is 0 Å². The van der Waals surface area contributed by atoms with Crippen LogP contribution >= 0.6 is 0 Å². The van der Waals surface area contributed by atoms with Crippen molar-refractivity contribution >= 4 is 11.9 Å². The molecule has 1 aliphatic carbocycles. The normalized spacial score (nSPS) is 22.5. The van der Waals surface area contributed by atoms with Crippen molar-refractivity contribution in [3.8, 4) is 11.4 Å². The highest BCUT2D eigenvalue weighted by Crippen LogP contribution is 2.28. The van der Waals surface area contributed by atoms with Gasteiger partial charge in [-0.25, -0.2) is 4.79 Å². The fraction of sp³-hybridized carbons (Fsp3) is 0.526. The summed E-state index contributed by atoms with van der Waals surface area (Å²) in [6, 6.07) is 10.1. The number of hydrogen-bond acceptors (Lipinski definition) is 5. The Morgan fingerprint density at radius 3 is 2.57 bits per heavy atom. The number of amides is 3. The second-order valence-corrected chi connectivity index (χ2v) is 7.50. The van der Waals surface area contributed by atoms with Gasteiger partial charge in [0.05, 0.1) is 6.04 Å². The van der Waals surface area contributed by atoms with E-state index in [1.807, 2.05) is 30.3 Å². The summed E-state index contributed by atoms with van der Waals surface area (Å²) in [4.78, 5) is 29.1. The first-order chi connectivity index (χ1) is 13.6. The van der Waals surface area contributed by atoms with Crippen LogP contribution in [0.2, 0.25) is 0 Å². The van der Waals surface area contributed by atoms with Crippen molar-refractivity contribution in [2.45, 2.75) is 37.8 Å². The Labute approximate surface area is 163 Å². The van der Waals surface area contributed by atoms with E-state index in [2.05, 4.69) is 20.7 Å². The van der Waals surface area contributed by atoms with Crippen LogP contribution < -0.4 is 5.32 Å². The molecule has 0 unspecified atom stereocenters. The summed E-state index contributed by atoms with van der Waals surface area (Å²) in [6.07, 6.45) is 3.51. The number of carbonyl (C=O) groups is 2. The predicted molar refractivity (Wildman–Crippen MR) is 102 cm³/mol. The smallest absolute Gasteiger partial charge is 0.320 e. The molecular formula is C19H25N7O2. The molecule has 9 heteroatoms. The molecule has 1 aromatic carbocycles. The Kier molecular flexibility index (Phi) is 5.23. The minimum Gasteiger partial charge on any atom is -0.352 e.